The van der Waals surface area contributed by atoms with Gasteiger partial charge in [-0.25, -0.2) is 4.39 Å². The maximum atomic E-state index is 13.6. The Morgan fingerprint density at radius 2 is 2.05 bits per heavy atom. The van der Waals surface area contributed by atoms with Gasteiger partial charge in [0, 0.05) is 19.2 Å². The number of aromatic nitrogens is 3. The largest absolute Gasteiger partial charge is 0.488 e. The molecule has 0 saturated carbocycles. The molecule has 1 heterocycles. The molecule has 0 radical (unpaired) electrons. The Hall–Kier alpha value is -2.31. The molecule has 6 nitrogen and oxygen atoms in total. The van der Waals surface area contributed by atoms with Crippen molar-refractivity contribution in [1.29, 1.82) is 0 Å². The SMILES string of the molecule is CC(C)Oc1cc(Oc2ncn(C)n2)c(N)cc1F. The molecule has 2 rings (SSSR count). The maximum absolute atomic E-state index is 13.6. The van der Waals surface area contributed by atoms with E-state index in [0.717, 1.165) is 6.07 Å². The number of hydrogen-bond acceptors (Lipinski definition) is 5. The summed E-state index contributed by atoms with van der Waals surface area (Å²) >= 11 is 0. The summed E-state index contributed by atoms with van der Waals surface area (Å²) in [6.07, 6.45) is 1.33. The number of nitrogens with zero attached hydrogens (tertiary/aromatic N) is 3. The summed E-state index contributed by atoms with van der Waals surface area (Å²) in [5.74, 6) is -0.203. The average Bonchev–Trinajstić information content (AvgIpc) is 2.70. The van der Waals surface area contributed by atoms with Gasteiger partial charge in [0.2, 0.25) is 0 Å². The Balaban J connectivity index is 2.29. The third kappa shape index (κ3) is 3.12. The van der Waals surface area contributed by atoms with Crippen molar-refractivity contribution in [1.82, 2.24) is 14.8 Å². The monoisotopic (exact) mass is 266 g/mol. The van der Waals surface area contributed by atoms with Gasteiger partial charge in [0.15, 0.2) is 17.3 Å². The molecule has 1 aromatic carbocycles. The van der Waals surface area contributed by atoms with Crippen molar-refractivity contribution >= 4 is 5.69 Å². The summed E-state index contributed by atoms with van der Waals surface area (Å²) in [7, 11) is 1.71. The van der Waals surface area contributed by atoms with E-state index in [-0.39, 0.29) is 29.3 Å². The molecule has 0 saturated heterocycles. The lowest BCUT2D eigenvalue weighted by molar-refractivity contribution is 0.230. The molecule has 0 fully saturated rings. The van der Waals surface area contributed by atoms with Crippen LogP contribution in [0.15, 0.2) is 18.5 Å². The molecule has 0 atom stereocenters. The number of hydrogen-bond donors (Lipinski definition) is 1. The van der Waals surface area contributed by atoms with E-state index in [1.165, 1.54) is 17.1 Å². The molecular formula is C12H15FN4O2. The highest BCUT2D eigenvalue weighted by Gasteiger charge is 2.13. The number of nitrogen functional groups attached to an aromatic ring is 1. The van der Waals surface area contributed by atoms with Crippen molar-refractivity contribution < 1.29 is 13.9 Å². The molecule has 0 aliphatic heterocycles. The van der Waals surface area contributed by atoms with Gasteiger partial charge in [-0.2, -0.15) is 4.98 Å². The summed E-state index contributed by atoms with van der Waals surface area (Å²) in [4.78, 5) is 3.90. The lowest BCUT2D eigenvalue weighted by Gasteiger charge is -2.13. The predicted molar refractivity (Wildman–Crippen MR) is 67.7 cm³/mol. The second-order valence-corrected chi connectivity index (χ2v) is 4.29. The van der Waals surface area contributed by atoms with Crippen molar-refractivity contribution in [3.05, 3.63) is 24.3 Å². The summed E-state index contributed by atoms with van der Waals surface area (Å²) in [6.45, 7) is 3.60. The van der Waals surface area contributed by atoms with Crippen LogP contribution in [0.2, 0.25) is 0 Å². The molecule has 19 heavy (non-hydrogen) atoms. The number of rotatable bonds is 4. The minimum absolute atomic E-state index is 0.0788. The van der Waals surface area contributed by atoms with Crippen molar-refractivity contribution in [3.63, 3.8) is 0 Å². The van der Waals surface area contributed by atoms with Crippen LogP contribution < -0.4 is 15.2 Å². The number of nitrogens with two attached hydrogens (primary N) is 1. The van der Waals surface area contributed by atoms with Gasteiger partial charge in [-0.15, -0.1) is 5.10 Å². The van der Waals surface area contributed by atoms with Crippen LogP contribution in [0.4, 0.5) is 10.1 Å². The van der Waals surface area contributed by atoms with E-state index in [0.29, 0.717) is 0 Å². The first-order chi connectivity index (χ1) is 8.95. The van der Waals surface area contributed by atoms with E-state index in [2.05, 4.69) is 10.1 Å². The zero-order valence-electron chi connectivity index (χ0n) is 10.9. The molecule has 0 aliphatic rings. The second-order valence-electron chi connectivity index (χ2n) is 4.29. The molecule has 2 N–H and O–H groups in total. The highest BCUT2D eigenvalue weighted by atomic mass is 19.1. The molecule has 7 heteroatoms. The number of aryl methyl sites for hydroxylation is 1. The van der Waals surface area contributed by atoms with Crippen LogP contribution in [-0.4, -0.2) is 20.9 Å². The van der Waals surface area contributed by atoms with Crippen LogP contribution in [0, 0.1) is 5.82 Å². The van der Waals surface area contributed by atoms with Crippen molar-refractivity contribution in [2.45, 2.75) is 20.0 Å². The molecule has 0 unspecified atom stereocenters. The van der Waals surface area contributed by atoms with Gasteiger partial charge in [-0.1, -0.05) is 0 Å². The second kappa shape index (κ2) is 5.13. The zero-order chi connectivity index (χ0) is 14.0. The standard InChI is InChI=1S/C12H15FN4O2/c1-7(2)18-10-5-11(9(14)4-8(10)13)19-12-15-6-17(3)16-12/h4-7H,14H2,1-3H3. The Bertz CT molecular complexity index is 583. The van der Waals surface area contributed by atoms with E-state index in [9.17, 15) is 4.39 Å². The molecule has 0 amide bonds. The van der Waals surface area contributed by atoms with Crippen LogP contribution in [0.1, 0.15) is 13.8 Å². The Kier molecular flexibility index (Phi) is 3.55. The van der Waals surface area contributed by atoms with E-state index >= 15 is 0 Å². The number of benzene rings is 1. The molecule has 0 bridgehead atoms. The van der Waals surface area contributed by atoms with Crippen LogP contribution >= 0.6 is 0 Å². The van der Waals surface area contributed by atoms with E-state index < -0.39 is 5.82 Å². The lowest BCUT2D eigenvalue weighted by atomic mass is 10.2. The van der Waals surface area contributed by atoms with Gasteiger partial charge in [0.1, 0.15) is 6.33 Å². The molecule has 102 valence electrons. The fraction of sp³-hybridized carbons (Fsp3) is 0.333. The quantitative estimate of drug-likeness (QED) is 0.858. The van der Waals surface area contributed by atoms with E-state index in [1.807, 2.05) is 0 Å². The van der Waals surface area contributed by atoms with Crippen molar-refractivity contribution in [3.8, 4) is 17.5 Å². The Morgan fingerprint density at radius 1 is 1.32 bits per heavy atom. The first-order valence-electron chi connectivity index (χ1n) is 5.75. The van der Waals surface area contributed by atoms with Gasteiger partial charge in [0.25, 0.3) is 0 Å². The van der Waals surface area contributed by atoms with Gasteiger partial charge >= 0.3 is 6.01 Å². The summed E-state index contributed by atoms with van der Waals surface area (Å²) in [6, 6.07) is 2.67. The third-order valence-corrected chi connectivity index (χ3v) is 2.21. The zero-order valence-corrected chi connectivity index (χ0v) is 10.9. The molecule has 1 aromatic heterocycles. The molecule has 0 spiro atoms. The first-order valence-corrected chi connectivity index (χ1v) is 5.75. The van der Waals surface area contributed by atoms with Gasteiger partial charge < -0.3 is 15.2 Å². The number of ether oxygens (including phenoxy) is 2. The highest BCUT2D eigenvalue weighted by molar-refractivity contribution is 5.57. The van der Waals surface area contributed by atoms with E-state index in [4.69, 9.17) is 15.2 Å². The number of halogens is 1. The predicted octanol–water partition coefficient (Wildman–Crippen LogP) is 2.12. The smallest absolute Gasteiger partial charge is 0.341 e. The lowest BCUT2D eigenvalue weighted by Crippen LogP contribution is -2.07. The fourth-order valence-electron chi connectivity index (χ4n) is 1.45. The summed E-state index contributed by atoms with van der Waals surface area (Å²) < 4.78 is 25.8. The van der Waals surface area contributed by atoms with Gasteiger partial charge in [-0.3, -0.25) is 4.68 Å². The summed E-state index contributed by atoms with van der Waals surface area (Å²) in [5, 5.41) is 3.95. The molecular weight excluding hydrogens is 251 g/mol. The minimum Gasteiger partial charge on any atom is -0.488 e. The third-order valence-electron chi connectivity index (χ3n) is 2.21. The minimum atomic E-state index is -0.535. The molecule has 2 aromatic rings. The van der Waals surface area contributed by atoms with Gasteiger partial charge in [-0.05, 0) is 13.8 Å². The van der Waals surface area contributed by atoms with Crippen LogP contribution in [0.5, 0.6) is 17.5 Å². The maximum Gasteiger partial charge on any atom is 0.341 e. The summed E-state index contributed by atoms with van der Waals surface area (Å²) in [5.41, 5.74) is 5.85. The normalized spacial score (nSPS) is 10.8. The Morgan fingerprint density at radius 3 is 2.63 bits per heavy atom. The topological polar surface area (TPSA) is 75.2 Å². The Labute approximate surface area is 110 Å². The van der Waals surface area contributed by atoms with Crippen molar-refractivity contribution in [2.75, 3.05) is 5.73 Å². The van der Waals surface area contributed by atoms with Crippen LogP contribution in [-0.2, 0) is 7.05 Å². The van der Waals surface area contributed by atoms with E-state index in [1.54, 1.807) is 20.9 Å². The van der Waals surface area contributed by atoms with Crippen molar-refractivity contribution in [2.24, 2.45) is 7.05 Å². The number of anilines is 1. The molecule has 0 aliphatic carbocycles. The first kappa shape index (κ1) is 13.1. The van der Waals surface area contributed by atoms with Gasteiger partial charge in [0.05, 0.1) is 11.8 Å². The van der Waals surface area contributed by atoms with Crippen LogP contribution in [0.3, 0.4) is 0 Å². The average molecular weight is 266 g/mol. The van der Waals surface area contributed by atoms with Crippen LogP contribution in [0.25, 0.3) is 0 Å². The fourth-order valence-corrected chi connectivity index (χ4v) is 1.45. The highest BCUT2D eigenvalue weighted by Crippen LogP contribution is 2.32.